The van der Waals surface area contributed by atoms with Crippen LogP contribution in [-0.2, 0) is 20.7 Å². The fourth-order valence-corrected chi connectivity index (χ4v) is 4.78. The van der Waals surface area contributed by atoms with Gasteiger partial charge in [-0.25, -0.2) is 4.79 Å². The molecule has 1 atom stereocenters. The minimum absolute atomic E-state index is 0.0543. The van der Waals surface area contributed by atoms with E-state index in [2.05, 4.69) is 21.2 Å². The Morgan fingerprint density at radius 3 is 2.32 bits per heavy atom. The topological polar surface area (TPSA) is 78.9 Å². The van der Waals surface area contributed by atoms with Crippen molar-refractivity contribution in [2.75, 3.05) is 23.4 Å². The Morgan fingerprint density at radius 1 is 1.00 bits per heavy atom. The number of hydrogen-bond acceptors (Lipinski definition) is 5. The third kappa shape index (κ3) is 6.42. The van der Waals surface area contributed by atoms with Crippen LogP contribution in [0.3, 0.4) is 0 Å². The number of thiocarbonyl (C=S) groups is 1. The summed E-state index contributed by atoms with van der Waals surface area (Å²) in [6, 6.07) is 22.9. The van der Waals surface area contributed by atoms with Crippen LogP contribution in [0.5, 0.6) is 0 Å². The number of anilines is 2. The molecule has 1 aliphatic heterocycles. The van der Waals surface area contributed by atoms with Gasteiger partial charge in [0.15, 0.2) is 5.11 Å². The Hall–Kier alpha value is -3.56. The summed E-state index contributed by atoms with van der Waals surface area (Å²) >= 11 is 9.12. The Kier molecular flexibility index (Phi) is 8.68. The standard InChI is InChI=1S/C28H26BrN3O4S/c1-2-36-27(35)20-8-14-23(15-9-20)32-26(34)24(18-25(33)30-22-12-10-21(29)11-13-22)31(28(32)37)17-16-19-6-4-3-5-7-19/h3-15,24H,2,16-18H2,1H3,(H,30,33). The van der Waals surface area contributed by atoms with Gasteiger partial charge in [0.25, 0.3) is 5.91 Å². The maximum absolute atomic E-state index is 13.6. The molecule has 3 aromatic carbocycles. The molecule has 1 saturated heterocycles. The highest BCUT2D eigenvalue weighted by atomic mass is 79.9. The van der Waals surface area contributed by atoms with Crippen molar-refractivity contribution in [3.8, 4) is 0 Å². The molecule has 37 heavy (non-hydrogen) atoms. The number of carbonyl (C=O) groups excluding carboxylic acids is 3. The molecule has 190 valence electrons. The van der Waals surface area contributed by atoms with Gasteiger partial charge in [0.2, 0.25) is 5.91 Å². The van der Waals surface area contributed by atoms with Crippen LogP contribution in [0.15, 0.2) is 83.3 Å². The Morgan fingerprint density at radius 2 is 1.68 bits per heavy atom. The lowest BCUT2D eigenvalue weighted by atomic mass is 10.1. The van der Waals surface area contributed by atoms with Gasteiger partial charge >= 0.3 is 5.97 Å². The van der Waals surface area contributed by atoms with Gasteiger partial charge < -0.3 is 15.0 Å². The highest BCUT2D eigenvalue weighted by Crippen LogP contribution is 2.28. The second kappa shape index (κ2) is 12.1. The zero-order valence-electron chi connectivity index (χ0n) is 20.2. The normalized spacial score (nSPS) is 15.1. The minimum atomic E-state index is -0.753. The van der Waals surface area contributed by atoms with E-state index in [0.29, 0.717) is 35.0 Å². The van der Waals surface area contributed by atoms with Crippen molar-refractivity contribution in [1.29, 1.82) is 0 Å². The zero-order valence-corrected chi connectivity index (χ0v) is 22.6. The molecule has 0 aromatic heterocycles. The van der Waals surface area contributed by atoms with E-state index in [1.807, 2.05) is 47.4 Å². The summed E-state index contributed by atoms with van der Waals surface area (Å²) in [6.07, 6.45) is 0.607. The van der Waals surface area contributed by atoms with Gasteiger partial charge in [0.1, 0.15) is 6.04 Å². The van der Waals surface area contributed by atoms with Crippen LogP contribution in [0.4, 0.5) is 11.4 Å². The van der Waals surface area contributed by atoms with E-state index in [1.165, 1.54) is 4.90 Å². The van der Waals surface area contributed by atoms with Crippen LogP contribution >= 0.6 is 28.1 Å². The van der Waals surface area contributed by atoms with Crippen molar-refractivity contribution < 1.29 is 19.1 Å². The molecule has 1 heterocycles. The van der Waals surface area contributed by atoms with E-state index < -0.39 is 12.0 Å². The smallest absolute Gasteiger partial charge is 0.338 e. The van der Waals surface area contributed by atoms with E-state index >= 15 is 0 Å². The van der Waals surface area contributed by atoms with Crippen LogP contribution in [0, 0.1) is 0 Å². The van der Waals surface area contributed by atoms with Gasteiger partial charge in [-0.1, -0.05) is 46.3 Å². The first-order valence-electron chi connectivity index (χ1n) is 11.9. The third-order valence-corrected chi connectivity index (χ3v) is 6.89. The predicted octanol–water partition coefficient (Wildman–Crippen LogP) is 5.20. The first kappa shape index (κ1) is 26.5. The average molecular weight is 581 g/mol. The lowest BCUT2D eigenvalue weighted by Gasteiger charge is -2.24. The molecule has 7 nitrogen and oxygen atoms in total. The van der Waals surface area contributed by atoms with Gasteiger partial charge in [0, 0.05) is 16.7 Å². The van der Waals surface area contributed by atoms with Crippen molar-refractivity contribution in [1.82, 2.24) is 4.90 Å². The molecule has 0 radical (unpaired) electrons. The van der Waals surface area contributed by atoms with Gasteiger partial charge in [-0.05, 0) is 79.7 Å². The predicted molar refractivity (Wildman–Crippen MR) is 151 cm³/mol. The van der Waals surface area contributed by atoms with Gasteiger partial charge in [0.05, 0.1) is 24.3 Å². The van der Waals surface area contributed by atoms with Crippen LogP contribution < -0.4 is 10.2 Å². The maximum Gasteiger partial charge on any atom is 0.338 e. The molecule has 4 rings (SSSR count). The molecule has 1 aliphatic rings. The second-order valence-electron chi connectivity index (χ2n) is 8.43. The fraction of sp³-hybridized carbons (Fsp3) is 0.214. The molecule has 1 unspecified atom stereocenters. The van der Waals surface area contributed by atoms with Gasteiger partial charge in [-0.3, -0.25) is 14.5 Å². The molecule has 1 N–H and O–H groups in total. The van der Waals surface area contributed by atoms with E-state index in [1.54, 1.807) is 43.3 Å². The fourth-order valence-electron chi connectivity index (χ4n) is 4.10. The molecule has 3 aromatic rings. The summed E-state index contributed by atoms with van der Waals surface area (Å²) in [5.74, 6) is -1.00. The highest BCUT2D eigenvalue weighted by molar-refractivity contribution is 9.10. The molecule has 9 heteroatoms. The van der Waals surface area contributed by atoms with E-state index in [0.717, 1.165) is 10.0 Å². The molecule has 0 saturated carbocycles. The zero-order chi connectivity index (χ0) is 26.4. The number of rotatable bonds is 9. The number of amides is 2. The maximum atomic E-state index is 13.6. The van der Waals surface area contributed by atoms with E-state index in [-0.39, 0.29) is 24.8 Å². The van der Waals surface area contributed by atoms with Crippen LogP contribution in [0.25, 0.3) is 0 Å². The van der Waals surface area contributed by atoms with Gasteiger partial charge in [-0.15, -0.1) is 0 Å². The van der Waals surface area contributed by atoms with Crippen molar-refractivity contribution in [3.63, 3.8) is 0 Å². The van der Waals surface area contributed by atoms with Crippen molar-refractivity contribution in [3.05, 3.63) is 94.5 Å². The quantitative estimate of drug-likeness (QED) is 0.277. The summed E-state index contributed by atoms with van der Waals surface area (Å²) in [4.78, 5) is 41.8. The molecule has 0 aliphatic carbocycles. The van der Waals surface area contributed by atoms with E-state index in [9.17, 15) is 14.4 Å². The molecular weight excluding hydrogens is 554 g/mol. The monoisotopic (exact) mass is 579 g/mol. The summed E-state index contributed by atoms with van der Waals surface area (Å²) < 4.78 is 5.94. The molecule has 1 fully saturated rings. The van der Waals surface area contributed by atoms with Gasteiger partial charge in [-0.2, -0.15) is 0 Å². The van der Waals surface area contributed by atoms with E-state index in [4.69, 9.17) is 17.0 Å². The number of nitrogens with zero attached hydrogens (tertiary/aromatic N) is 2. The van der Waals surface area contributed by atoms with Crippen LogP contribution in [0.1, 0.15) is 29.3 Å². The first-order valence-corrected chi connectivity index (χ1v) is 13.1. The summed E-state index contributed by atoms with van der Waals surface area (Å²) in [7, 11) is 0. The van der Waals surface area contributed by atoms with Crippen LogP contribution in [-0.4, -0.2) is 47.0 Å². The number of benzene rings is 3. The summed E-state index contributed by atoms with van der Waals surface area (Å²) in [6.45, 7) is 2.49. The molecule has 0 spiro atoms. The van der Waals surface area contributed by atoms with Crippen molar-refractivity contribution in [2.45, 2.75) is 25.8 Å². The SMILES string of the molecule is CCOC(=O)c1ccc(N2C(=O)C(CC(=O)Nc3ccc(Br)cc3)N(CCc3ccccc3)C2=S)cc1. The molecular formula is C28H26BrN3O4S. The Balaban J connectivity index is 1.55. The number of halogens is 1. The van der Waals surface area contributed by atoms with Crippen molar-refractivity contribution >= 4 is 62.4 Å². The average Bonchev–Trinajstić information content (AvgIpc) is 3.13. The number of carbonyl (C=O) groups is 3. The molecule has 2 amide bonds. The summed E-state index contributed by atoms with van der Waals surface area (Å²) in [5.41, 5.74) is 2.66. The third-order valence-electron chi connectivity index (χ3n) is 5.95. The summed E-state index contributed by atoms with van der Waals surface area (Å²) in [5, 5.41) is 3.19. The Bertz CT molecular complexity index is 1280. The first-order chi connectivity index (χ1) is 17.9. The number of ether oxygens (including phenoxy) is 1. The number of nitrogens with one attached hydrogen (secondary N) is 1. The molecule has 0 bridgehead atoms. The second-order valence-corrected chi connectivity index (χ2v) is 9.71. The van der Waals surface area contributed by atoms with Crippen LogP contribution in [0.2, 0.25) is 0 Å². The lowest BCUT2D eigenvalue weighted by Crippen LogP contribution is -2.39. The van der Waals surface area contributed by atoms with Crippen molar-refractivity contribution in [2.24, 2.45) is 0 Å². The lowest BCUT2D eigenvalue weighted by molar-refractivity contribution is -0.124. The highest BCUT2D eigenvalue weighted by Gasteiger charge is 2.43. The number of hydrogen-bond donors (Lipinski definition) is 1. The Labute approximate surface area is 229 Å². The minimum Gasteiger partial charge on any atom is -0.462 e. The largest absolute Gasteiger partial charge is 0.462 e. The number of esters is 1.